The Labute approximate surface area is 82.3 Å². The van der Waals surface area contributed by atoms with E-state index in [0.717, 1.165) is 11.3 Å². The molecule has 72 valence electrons. The molecule has 0 fully saturated rings. The fraction of sp³-hybridized carbons (Fsp3) is 0.182. The van der Waals surface area contributed by atoms with E-state index in [1.165, 1.54) is 11.0 Å². The third-order valence-corrected chi connectivity index (χ3v) is 2.28. The second-order valence-electron chi connectivity index (χ2n) is 3.34. The summed E-state index contributed by atoms with van der Waals surface area (Å²) in [5.41, 5.74) is 1.97. The molecule has 0 radical (unpaired) electrons. The van der Waals surface area contributed by atoms with Crippen LogP contribution in [0, 0.1) is 6.92 Å². The van der Waals surface area contributed by atoms with E-state index in [-0.39, 0.29) is 11.7 Å². The van der Waals surface area contributed by atoms with Crippen LogP contribution in [0.1, 0.15) is 5.56 Å². The molecule has 1 heterocycles. The van der Waals surface area contributed by atoms with Gasteiger partial charge >= 0.3 is 0 Å². The van der Waals surface area contributed by atoms with Gasteiger partial charge in [0.1, 0.15) is 0 Å². The number of nitrogens with zero attached hydrogens (tertiary/aromatic N) is 1. The summed E-state index contributed by atoms with van der Waals surface area (Å²) in [5, 5.41) is 9.15. The van der Waals surface area contributed by atoms with Gasteiger partial charge in [-0.1, -0.05) is 17.7 Å². The van der Waals surface area contributed by atoms with E-state index in [9.17, 15) is 4.79 Å². The second kappa shape index (κ2) is 3.18. The topological polar surface area (TPSA) is 40.5 Å². The van der Waals surface area contributed by atoms with Crippen molar-refractivity contribution in [3.05, 3.63) is 41.7 Å². The zero-order valence-corrected chi connectivity index (χ0v) is 7.90. The molecule has 0 saturated carbocycles. The van der Waals surface area contributed by atoms with E-state index in [1.54, 1.807) is 0 Å². The Morgan fingerprint density at radius 2 is 1.93 bits per heavy atom. The minimum atomic E-state index is -0.325. The van der Waals surface area contributed by atoms with Gasteiger partial charge in [-0.25, -0.2) is 0 Å². The number of anilines is 1. The number of aliphatic hydroxyl groups excluding tert-OH is 1. The SMILES string of the molecule is Cc1ccc(N2CC=C(O)C2=O)cc1. The van der Waals surface area contributed by atoms with Crippen LogP contribution in [0.5, 0.6) is 0 Å². The van der Waals surface area contributed by atoms with Crippen LogP contribution in [-0.4, -0.2) is 17.6 Å². The van der Waals surface area contributed by atoms with Gasteiger partial charge in [0.05, 0.1) is 0 Å². The van der Waals surface area contributed by atoms with Gasteiger partial charge in [0.25, 0.3) is 5.91 Å². The van der Waals surface area contributed by atoms with Gasteiger partial charge in [-0.3, -0.25) is 4.79 Å². The molecule has 1 aromatic carbocycles. The molecule has 0 spiro atoms. The number of amides is 1. The molecule has 0 atom stereocenters. The molecule has 0 unspecified atom stereocenters. The molecule has 1 amide bonds. The monoisotopic (exact) mass is 189 g/mol. The van der Waals surface area contributed by atoms with Crippen molar-refractivity contribution < 1.29 is 9.90 Å². The summed E-state index contributed by atoms with van der Waals surface area (Å²) in [4.78, 5) is 12.9. The van der Waals surface area contributed by atoms with Crippen molar-refractivity contribution in [2.45, 2.75) is 6.92 Å². The van der Waals surface area contributed by atoms with Crippen molar-refractivity contribution in [3.8, 4) is 0 Å². The van der Waals surface area contributed by atoms with Gasteiger partial charge in [0.2, 0.25) is 0 Å². The van der Waals surface area contributed by atoms with Crippen LogP contribution >= 0.6 is 0 Å². The van der Waals surface area contributed by atoms with Crippen molar-refractivity contribution in [1.29, 1.82) is 0 Å². The van der Waals surface area contributed by atoms with E-state index < -0.39 is 0 Å². The van der Waals surface area contributed by atoms with E-state index >= 15 is 0 Å². The highest BCUT2D eigenvalue weighted by Gasteiger charge is 2.24. The first kappa shape index (κ1) is 8.81. The summed E-state index contributed by atoms with van der Waals surface area (Å²) in [7, 11) is 0. The molecule has 2 rings (SSSR count). The van der Waals surface area contributed by atoms with Gasteiger partial charge < -0.3 is 10.0 Å². The predicted octanol–water partition coefficient (Wildman–Crippen LogP) is 1.78. The summed E-state index contributed by atoms with van der Waals surface area (Å²) in [6.07, 6.45) is 1.52. The number of carbonyl (C=O) groups excluding carboxylic acids is 1. The zero-order valence-electron chi connectivity index (χ0n) is 7.90. The minimum absolute atomic E-state index is 0.162. The summed E-state index contributed by atoms with van der Waals surface area (Å²) in [6.45, 7) is 2.44. The molecular weight excluding hydrogens is 178 g/mol. The molecule has 1 N–H and O–H groups in total. The molecule has 1 aliphatic rings. The van der Waals surface area contributed by atoms with Crippen LogP contribution < -0.4 is 4.90 Å². The first-order valence-corrected chi connectivity index (χ1v) is 4.46. The Morgan fingerprint density at radius 3 is 2.43 bits per heavy atom. The lowest BCUT2D eigenvalue weighted by Gasteiger charge is -2.15. The molecule has 0 bridgehead atoms. The van der Waals surface area contributed by atoms with E-state index in [2.05, 4.69) is 0 Å². The zero-order chi connectivity index (χ0) is 10.1. The lowest BCUT2D eigenvalue weighted by Crippen LogP contribution is -2.26. The predicted molar refractivity (Wildman–Crippen MR) is 54.2 cm³/mol. The largest absolute Gasteiger partial charge is 0.503 e. The molecule has 0 saturated heterocycles. The third-order valence-electron chi connectivity index (χ3n) is 2.28. The lowest BCUT2D eigenvalue weighted by atomic mass is 10.2. The standard InChI is InChI=1S/C11H11NO2/c1-8-2-4-9(5-3-8)12-7-6-10(13)11(12)14/h2-6,13H,7H2,1H3. The number of rotatable bonds is 1. The summed E-state index contributed by atoms with van der Waals surface area (Å²) < 4.78 is 0. The second-order valence-corrected chi connectivity index (χ2v) is 3.34. The highest BCUT2D eigenvalue weighted by Crippen LogP contribution is 2.20. The van der Waals surface area contributed by atoms with Gasteiger partial charge in [-0.15, -0.1) is 0 Å². The summed E-state index contributed by atoms with van der Waals surface area (Å²) in [6, 6.07) is 7.63. The van der Waals surface area contributed by atoms with Gasteiger partial charge in [0, 0.05) is 12.2 Å². The van der Waals surface area contributed by atoms with Crippen LogP contribution in [0.25, 0.3) is 0 Å². The van der Waals surface area contributed by atoms with Crippen molar-refractivity contribution in [2.24, 2.45) is 0 Å². The molecule has 0 aromatic heterocycles. The number of aryl methyl sites for hydroxylation is 1. The van der Waals surface area contributed by atoms with Crippen molar-refractivity contribution in [1.82, 2.24) is 0 Å². The van der Waals surface area contributed by atoms with E-state index in [0.29, 0.717) is 6.54 Å². The minimum Gasteiger partial charge on any atom is -0.503 e. The van der Waals surface area contributed by atoms with E-state index in [1.807, 2.05) is 31.2 Å². The fourth-order valence-electron chi connectivity index (χ4n) is 1.43. The van der Waals surface area contributed by atoms with Crippen LogP contribution in [0.15, 0.2) is 36.1 Å². The maximum atomic E-state index is 11.4. The summed E-state index contributed by atoms with van der Waals surface area (Å²) >= 11 is 0. The molecule has 3 heteroatoms. The Hall–Kier alpha value is -1.77. The van der Waals surface area contributed by atoms with Gasteiger partial charge in [-0.05, 0) is 25.1 Å². The van der Waals surface area contributed by atoms with Crippen LogP contribution in [-0.2, 0) is 4.79 Å². The van der Waals surface area contributed by atoms with Gasteiger partial charge in [0.15, 0.2) is 5.76 Å². The molecular formula is C11H11NO2. The molecule has 1 aromatic rings. The third kappa shape index (κ3) is 1.37. The van der Waals surface area contributed by atoms with Crippen LogP contribution in [0.4, 0.5) is 5.69 Å². The van der Waals surface area contributed by atoms with E-state index in [4.69, 9.17) is 5.11 Å². The van der Waals surface area contributed by atoms with Crippen LogP contribution in [0.3, 0.4) is 0 Å². The highest BCUT2D eigenvalue weighted by atomic mass is 16.3. The number of benzene rings is 1. The smallest absolute Gasteiger partial charge is 0.293 e. The Morgan fingerprint density at radius 1 is 1.29 bits per heavy atom. The maximum Gasteiger partial charge on any atom is 0.293 e. The first-order chi connectivity index (χ1) is 6.68. The van der Waals surface area contributed by atoms with Gasteiger partial charge in [-0.2, -0.15) is 0 Å². The molecule has 0 aliphatic carbocycles. The molecule has 14 heavy (non-hydrogen) atoms. The highest BCUT2D eigenvalue weighted by molar-refractivity contribution is 6.06. The normalized spacial score (nSPS) is 15.9. The average Bonchev–Trinajstić information content (AvgIpc) is 2.50. The lowest BCUT2D eigenvalue weighted by molar-refractivity contribution is -0.116. The number of carbonyl (C=O) groups is 1. The fourth-order valence-corrected chi connectivity index (χ4v) is 1.43. The summed E-state index contributed by atoms with van der Waals surface area (Å²) in [5.74, 6) is -0.487. The molecule has 3 nitrogen and oxygen atoms in total. The quantitative estimate of drug-likeness (QED) is 0.731. The van der Waals surface area contributed by atoms with Crippen LogP contribution in [0.2, 0.25) is 0 Å². The number of aliphatic hydroxyl groups is 1. The number of hydrogen-bond acceptors (Lipinski definition) is 2. The Bertz CT molecular complexity index is 392. The Balaban J connectivity index is 2.26. The number of hydrogen-bond donors (Lipinski definition) is 1. The average molecular weight is 189 g/mol. The van der Waals surface area contributed by atoms with Crippen molar-refractivity contribution >= 4 is 11.6 Å². The Kier molecular flexibility index (Phi) is 2.00. The first-order valence-electron chi connectivity index (χ1n) is 4.46. The maximum absolute atomic E-state index is 11.4. The van der Waals surface area contributed by atoms with Crippen molar-refractivity contribution in [3.63, 3.8) is 0 Å². The molecule has 1 aliphatic heterocycles. The van der Waals surface area contributed by atoms with Crippen molar-refractivity contribution in [2.75, 3.05) is 11.4 Å².